The fraction of sp³-hybridized carbons (Fsp3) is 0.281. The van der Waals surface area contributed by atoms with E-state index in [1.807, 2.05) is 77.0 Å². The van der Waals surface area contributed by atoms with E-state index in [4.69, 9.17) is 137 Å². The van der Waals surface area contributed by atoms with Crippen LogP contribution in [-0.4, -0.2) is 153 Å². The molecule has 12 heterocycles. The number of halogens is 15. The van der Waals surface area contributed by atoms with Crippen LogP contribution in [-0.2, 0) is 14.4 Å². The van der Waals surface area contributed by atoms with Crippen molar-refractivity contribution in [2.24, 2.45) is 0 Å². The summed E-state index contributed by atoms with van der Waals surface area (Å²) < 4.78 is 91.7. The van der Waals surface area contributed by atoms with Gasteiger partial charge in [0, 0.05) is 128 Å². The second-order valence-electron chi connectivity index (χ2n) is 33.8. The van der Waals surface area contributed by atoms with Crippen molar-refractivity contribution in [1.29, 1.82) is 15.8 Å². The van der Waals surface area contributed by atoms with Gasteiger partial charge in [0.25, 0.3) is 16.7 Å². The van der Waals surface area contributed by atoms with Crippen molar-refractivity contribution in [2.75, 3.05) is 90.8 Å². The summed E-state index contributed by atoms with van der Waals surface area (Å²) in [6.07, 6.45) is 8.55. The van der Waals surface area contributed by atoms with Gasteiger partial charge in [-0.3, -0.25) is 57.4 Å². The quantitative estimate of drug-likeness (QED) is 0.0282. The number of nitrogens with two attached hydrogens (primary N) is 3. The number of nitrogens with zero attached hydrogens (tertiary/aromatic N) is 18. The van der Waals surface area contributed by atoms with Crippen LogP contribution in [0.1, 0.15) is 131 Å². The van der Waals surface area contributed by atoms with Crippen molar-refractivity contribution >= 4 is 189 Å². The lowest BCUT2D eigenvalue weighted by Crippen LogP contribution is -2.54. The molecule has 3 aromatic carbocycles. The van der Waals surface area contributed by atoms with E-state index >= 15 is 0 Å². The summed E-state index contributed by atoms with van der Waals surface area (Å²) in [7, 11) is 0. The van der Waals surface area contributed by atoms with Crippen LogP contribution in [0, 0.1) is 89.7 Å². The van der Waals surface area contributed by atoms with Gasteiger partial charge >= 0.3 is 0 Å². The molecule has 3 aliphatic rings. The van der Waals surface area contributed by atoms with E-state index in [1.54, 1.807) is 72.3 Å². The average molecular weight is 2060 g/mol. The summed E-state index contributed by atoms with van der Waals surface area (Å²) in [6.45, 7) is 35.6. The van der Waals surface area contributed by atoms with Gasteiger partial charge in [-0.25, -0.2) is 41.3 Å². The number of benzene rings is 3. The zero-order valence-corrected chi connectivity index (χ0v) is 82.6. The molecule has 3 saturated heterocycles. The van der Waals surface area contributed by atoms with Gasteiger partial charge in [-0.15, -0.1) is 0 Å². The number of carbonyl (C=O) groups excluding carboxylic acids is 3. The lowest BCUT2D eigenvalue weighted by molar-refractivity contribution is -0.129. The molecule has 9 aromatic heterocycles. The first-order valence-electron chi connectivity index (χ1n) is 42.6. The van der Waals surface area contributed by atoms with Crippen LogP contribution in [0.5, 0.6) is 0 Å². The summed E-state index contributed by atoms with van der Waals surface area (Å²) in [5.74, 6) is -9.81. The molecule has 0 radical (unpaired) electrons. The minimum atomic E-state index is -1.45. The number of rotatable bonds is 15. The Hall–Kier alpha value is -12.7. The monoisotopic (exact) mass is 2060 g/mol. The van der Waals surface area contributed by atoms with Crippen LogP contribution in [0.25, 0.3) is 83.9 Å². The third-order valence-corrected chi connectivity index (χ3v) is 27.2. The maximum atomic E-state index is 14.9. The van der Waals surface area contributed by atoms with E-state index in [0.29, 0.717) is 86.6 Å². The largest absolute Gasteiger partial charge is 0.397 e. The van der Waals surface area contributed by atoms with Crippen LogP contribution >= 0.6 is 104 Å². The van der Waals surface area contributed by atoms with Gasteiger partial charge in [-0.05, 0) is 131 Å². The number of nitrogen functional groups attached to an aromatic ring is 3. The highest BCUT2D eigenvalue weighted by Gasteiger charge is 2.40. The minimum absolute atomic E-state index is 0.0324. The number of hydrogen-bond donors (Lipinski definition) is 3. The zero-order chi connectivity index (χ0) is 101. The van der Waals surface area contributed by atoms with Gasteiger partial charge in [0.2, 0.25) is 17.7 Å². The minimum Gasteiger partial charge on any atom is -0.397 e. The number of piperazine rings is 3. The second-order valence-corrected chi connectivity index (χ2v) is 37.3. The lowest BCUT2D eigenvalue weighted by atomic mass is 10.0. The lowest BCUT2D eigenvalue weighted by Gasteiger charge is -2.41. The first kappa shape index (κ1) is 103. The Kier molecular flexibility index (Phi) is 30.3. The van der Waals surface area contributed by atoms with Crippen LogP contribution in [0.15, 0.2) is 107 Å². The predicted octanol–water partition coefficient (Wildman–Crippen LogP) is 20.4. The second kappa shape index (κ2) is 40.8. The Bertz CT molecular complexity index is 6790. The van der Waals surface area contributed by atoms with Crippen molar-refractivity contribution in [2.45, 2.75) is 119 Å². The van der Waals surface area contributed by atoms with E-state index < -0.39 is 98.8 Å². The summed E-state index contributed by atoms with van der Waals surface area (Å²) in [5, 5.41) is 27.8. The van der Waals surface area contributed by atoms with Crippen molar-refractivity contribution in [3.63, 3.8) is 0 Å². The van der Waals surface area contributed by atoms with E-state index in [-0.39, 0.29) is 192 Å². The molecule has 3 amide bonds. The molecule has 6 N–H and O–H groups in total. The Morgan fingerprint density at radius 2 is 0.623 bits per heavy atom. The molecular formula is C96H84Cl9F6N21O6. The van der Waals surface area contributed by atoms with Crippen LogP contribution in [0.2, 0.25) is 45.2 Å². The third kappa shape index (κ3) is 18.0. The SMILES string of the molecule is C=CC(=O)N1CCN(c2c(C#N)c(=O)n(-c3c(C)ccnc3C(C)C)c3nc(-c4c(N)c(Cl)c(F)c(F)c4Cl)c(Cl)cc23)C[C@H]1C.C=CC(=O)N1CCN(c2c(C#N)c(=O)n(-c3c(C)ccnc3C(C)C)c3nc(-c4c(N)c(Cl)c(F)c(F)c4Cl)c(Cl)cc23)C[C@H]1C.C=CC(=O)N1CCN(c2c(C#N)c(=O)n(-c3c(C)ccnc3C(C)C)c3nc(-c4c(N)c(Cl)c(F)c(F)c4Cl)c(Cl)cc23)C[C@H]1C. The van der Waals surface area contributed by atoms with E-state index in [0.717, 1.165) is 0 Å². The van der Waals surface area contributed by atoms with Crippen molar-refractivity contribution in [1.82, 2.24) is 58.3 Å². The number of anilines is 6. The average Bonchev–Trinajstić information content (AvgIpc) is 0.726. The Labute approximate surface area is 831 Å². The van der Waals surface area contributed by atoms with Gasteiger partial charge in [-0.2, -0.15) is 15.8 Å². The Morgan fingerprint density at radius 1 is 0.399 bits per heavy atom. The first-order chi connectivity index (χ1) is 65.2. The summed E-state index contributed by atoms with van der Waals surface area (Å²) in [5.41, 5.74) is 19.0. The topological polar surface area (TPSA) is 363 Å². The molecule has 3 fully saturated rings. The van der Waals surface area contributed by atoms with E-state index in [9.17, 15) is 70.9 Å². The molecule has 27 nitrogen and oxygen atoms in total. The highest BCUT2D eigenvalue weighted by molar-refractivity contribution is 6.42. The Morgan fingerprint density at radius 3 is 0.826 bits per heavy atom. The molecule has 15 rings (SSSR count). The molecule has 138 heavy (non-hydrogen) atoms. The van der Waals surface area contributed by atoms with Crippen LogP contribution in [0.4, 0.5) is 60.5 Å². The fourth-order valence-electron chi connectivity index (χ4n) is 17.6. The number of fused-ring (bicyclic) bond motifs is 3. The normalized spacial score (nSPS) is 15.0. The third-order valence-electron chi connectivity index (χ3n) is 24.2. The van der Waals surface area contributed by atoms with E-state index in [1.165, 1.54) is 50.1 Å². The van der Waals surface area contributed by atoms with Gasteiger partial charge in [0.1, 0.15) is 66.9 Å². The molecule has 0 aliphatic carbocycles. The number of hydrogen-bond acceptors (Lipinski definition) is 21. The van der Waals surface area contributed by atoms with Gasteiger partial charge in [0.15, 0.2) is 34.9 Å². The Balaban J connectivity index is 0.000000175. The fourth-order valence-corrected chi connectivity index (χ4v) is 19.6. The molecule has 12 aromatic rings. The van der Waals surface area contributed by atoms with Gasteiger partial charge < -0.3 is 46.6 Å². The standard InChI is InChI=1S/3C32H28Cl3F2N7O2/c3*1-6-20(45)43-10-9-42(13-16(43)5)30-17-11-19(33)28(21-22(34)24(36)25(37)23(35)26(21)39)41-31(17)44(32(46)18(30)12-38)29-15(4)7-8-40-27(29)14(2)3/h3*6-8,11,14,16H,1,9-10,13,39H2,2-5H3/t3*16-/m111/s1. The van der Waals surface area contributed by atoms with Gasteiger partial charge in [-0.1, -0.05) is 166 Å². The summed E-state index contributed by atoms with van der Waals surface area (Å²) in [4.78, 5) is 119. The molecule has 0 unspecified atom stereocenters. The highest BCUT2D eigenvalue weighted by Crippen LogP contribution is 2.51. The predicted molar refractivity (Wildman–Crippen MR) is 531 cm³/mol. The molecule has 714 valence electrons. The molecule has 3 atom stereocenters. The highest BCUT2D eigenvalue weighted by atomic mass is 35.5. The van der Waals surface area contributed by atoms with Crippen LogP contribution < -0.4 is 48.6 Å². The maximum absolute atomic E-state index is 14.9. The van der Waals surface area contributed by atoms with E-state index in [2.05, 4.69) is 52.9 Å². The molecule has 0 bridgehead atoms. The smallest absolute Gasteiger partial charge is 0.276 e. The van der Waals surface area contributed by atoms with Crippen molar-refractivity contribution in [3.8, 4) is 69.0 Å². The number of carbonyl (C=O) groups is 3. The molecular weight excluding hydrogens is 1980 g/mol. The zero-order valence-electron chi connectivity index (χ0n) is 75.8. The number of nitriles is 3. The van der Waals surface area contributed by atoms with Gasteiger partial charge in [0.05, 0.1) is 115 Å². The number of amides is 3. The molecule has 0 spiro atoms. The summed E-state index contributed by atoms with van der Waals surface area (Å²) in [6, 6.07) is 14.9. The van der Waals surface area contributed by atoms with Crippen molar-refractivity contribution in [3.05, 3.63) is 255 Å². The number of aromatic nitrogens is 9. The number of pyridine rings is 9. The number of aryl methyl sites for hydroxylation is 3. The maximum Gasteiger partial charge on any atom is 0.276 e. The summed E-state index contributed by atoms with van der Waals surface area (Å²) >= 11 is 57.2. The first-order valence-corrected chi connectivity index (χ1v) is 46.0. The molecule has 42 heteroatoms. The van der Waals surface area contributed by atoms with Crippen molar-refractivity contribution < 1.29 is 40.7 Å². The molecule has 0 saturated carbocycles. The van der Waals surface area contributed by atoms with Crippen LogP contribution in [0.3, 0.4) is 0 Å². The molecule has 3 aliphatic heterocycles.